The van der Waals surface area contributed by atoms with E-state index in [1.165, 1.54) is 0 Å². The average Bonchev–Trinajstić information content (AvgIpc) is 2.40. The second-order valence-electron chi connectivity index (χ2n) is 6.99. The monoisotopic (exact) mass is 306 g/mol. The number of alkyl carbamates (subject to hydrolysis) is 1. The molecule has 1 aliphatic rings. The van der Waals surface area contributed by atoms with Gasteiger partial charge in [-0.3, -0.25) is 9.97 Å². The molecule has 0 aromatic carbocycles. The van der Waals surface area contributed by atoms with E-state index in [9.17, 15) is 4.79 Å². The van der Waals surface area contributed by atoms with Crippen LogP contribution >= 0.6 is 0 Å². The van der Waals surface area contributed by atoms with Crippen molar-refractivity contribution >= 4 is 6.09 Å². The zero-order valence-corrected chi connectivity index (χ0v) is 13.8. The Balaban J connectivity index is 1.87. The molecule has 0 saturated heterocycles. The molecule has 1 aromatic rings. The molecule has 1 amide bonds. The zero-order chi connectivity index (χ0) is 16.2. The summed E-state index contributed by atoms with van der Waals surface area (Å²) in [5.74, 6) is 0. The fraction of sp³-hybridized carbons (Fsp3) is 0.688. The maximum Gasteiger partial charge on any atom is 0.408 e. The zero-order valence-electron chi connectivity index (χ0n) is 13.8. The van der Waals surface area contributed by atoms with E-state index >= 15 is 0 Å². The third kappa shape index (κ3) is 4.66. The van der Waals surface area contributed by atoms with Crippen LogP contribution in [0.5, 0.6) is 0 Å². The number of hydrogen-bond acceptors (Lipinski definition) is 5. The molecule has 1 fully saturated rings. The van der Waals surface area contributed by atoms with Crippen molar-refractivity contribution in [2.45, 2.75) is 64.1 Å². The number of hydrogen-bond donors (Lipinski definition) is 2. The van der Waals surface area contributed by atoms with Gasteiger partial charge in [0.1, 0.15) is 5.60 Å². The summed E-state index contributed by atoms with van der Waals surface area (Å²) in [6.45, 7) is 8.35. The van der Waals surface area contributed by atoms with Crippen LogP contribution in [-0.2, 0) is 4.74 Å². The topological polar surface area (TPSA) is 76.1 Å². The Hall–Kier alpha value is -1.69. The Morgan fingerprint density at radius 1 is 1.41 bits per heavy atom. The molecule has 0 radical (unpaired) electrons. The first-order valence-corrected chi connectivity index (χ1v) is 7.80. The van der Waals surface area contributed by atoms with Crippen molar-refractivity contribution in [3.8, 4) is 0 Å². The van der Waals surface area contributed by atoms with Crippen LogP contribution in [-0.4, -0.2) is 33.7 Å². The quantitative estimate of drug-likeness (QED) is 0.874. The summed E-state index contributed by atoms with van der Waals surface area (Å²) in [4.78, 5) is 20.4. The van der Waals surface area contributed by atoms with Crippen molar-refractivity contribution in [2.24, 2.45) is 0 Å². The van der Waals surface area contributed by atoms with E-state index in [4.69, 9.17) is 4.74 Å². The van der Waals surface area contributed by atoms with Crippen LogP contribution in [0.3, 0.4) is 0 Å². The molecular weight excluding hydrogens is 280 g/mol. The van der Waals surface area contributed by atoms with Crippen molar-refractivity contribution in [1.29, 1.82) is 0 Å². The molecule has 6 heteroatoms. The number of carbonyl (C=O) groups is 1. The average molecular weight is 306 g/mol. The number of nitrogens with zero attached hydrogens (tertiary/aromatic N) is 2. The van der Waals surface area contributed by atoms with E-state index in [0.717, 1.165) is 25.0 Å². The highest BCUT2D eigenvalue weighted by Crippen LogP contribution is 2.32. The molecule has 22 heavy (non-hydrogen) atoms. The SMILES string of the molecule is CC(NCC1(NC(=O)OC(C)(C)C)CCC1)c1cnccn1. The number of ether oxygens (including phenoxy) is 1. The van der Waals surface area contributed by atoms with Crippen LogP contribution in [0.15, 0.2) is 18.6 Å². The maximum absolute atomic E-state index is 12.0. The lowest BCUT2D eigenvalue weighted by atomic mass is 9.76. The van der Waals surface area contributed by atoms with Gasteiger partial charge in [-0.15, -0.1) is 0 Å². The number of aromatic nitrogens is 2. The largest absolute Gasteiger partial charge is 0.444 e. The molecule has 0 bridgehead atoms. The van der Waals surface area contributed by atoms with Gasteiger partial charge in [-0.1, -0.05) is 0 Å². The highest BCUT2D eigenvalue weighted by Gasteiger charge is 2.39. The second kappa shape index (κ2) is 6.60. The number of rotatable bonds is 5. The van der Waals surface area contributed by atoms with Gasteiger partial charge in [0.25, 0.3) is 0 Å². The van der Waals surface area contributed by atoms with Gasteiger partial charge in [0.05, 0.1) is 11.2 Å². The molecule has 0 aliphatic heterocycles. The Bertz CT molecular complexity index is 495. The van der Waals surface area contributed by atoms with Crippen molar-refractivity contribution in [3.63, 3.8) is 0 Å². The van der Waals surface area contributed by atoms with Crippen molar-refractivity contribution in [2.75, 3.05) is 6.54 Å². The number of nitrogens with one attached hydrogen (secondary N) is 2. The van der Waals surface area contributed by atoms with E-state index in [2.05, 4.69) is 20.6 Å². The van der Waals surface area contributed by atoms with Crippen LogP contribution in [0.2, 0.25) is 0 Å². The highest BCUT2D eigenvalue weighted by atomic mass is 16.6. The molecule has 1 unspecified atom stereocenters. The minimum atomic E-state index is -0.477. The van der Waals surface area contributed by atoms with Crippen molar-refractivity contribution < 1.29 is 9.53 Å². The number of amides is 1. The van der Waals surface area contributed by atoms with Crippen LogP contribution in [0, 0.1) is 0 Å². The van der Waals surface area contributed by atoms with Crippen LogP contribution in [0.25, 0.3) is 0 Å². The van der Waals surface area contributed by atoms with Gasteiger partial charge in [-0.25, -0.2) is 4.79 Å². The molecule has 1 aliphatic carbocycles. The Morgan fingerprint density at radius 3 is 2.64 bits per heavy atom. The Morgan fingerprint density at radius 2 is 2.14 bits per heavy atom. The van der Waals surface area contributed by atoms with Gasteiger partial charge in [-0.2, -0.15) is 0 Å². The predicted molar refractivity (Wildman–Crippen MR) is 84.4 cm³/mol. The molecule has 1 heterocycles. The molecule has 1 aromatic heterocycles. The third-order valence-corrected chi connectivity index (χ3v) is 3.85. The molecule has 122 valence electrons. The molecule has 2 rings (SSSR count). The van der Waals surface area contributed by atoms with Crippen LogP contribution in [0.1, 0.15) is 58.7 Å². The van der Waals surface area contributed by atoms with Gasteiger partial charge in [-0.05, 0) is 47.0 Å². The van der Waals surface area contributed by atoms with Gasteiger partial charge in [0, 0.05) is 31.2 Å². The minimum absolute atomic E-state index is 0.0895. The minimum Gasteiger partial charge on any atom is -0.444 e. The molecular formula is C16H26N4O2. The maximum atomic E-state index is 12.0. The predicted octanol–water partition coefficient (Wildman–Crippen LogP) is 2.57. The van der Waals surface area contributed by atoms with E-state index in [0.29, 0.717) is 6.54 Å². The molecule has 0 spiro atoms. The fourth-order valence-electron chi connectivity index (χ4n) is 2.46. The number of carbonyl (C=O) groups excluding carboxylic acids is 1. The van der Waals surface area contributed by atoms with Crippen LogP contribution in [0.4, 0.5) is 4.79 Å². The molecule has 1 atom stereocenters. The molecule has 1 saturated carbocycles. The van der Waals surface area contributed by atoms with Gasteiger partial charge >= 0.3 is 6.09 Å². The first-order valence-electron chi connectivity index (χ1n) is 7.80. The van der Waals surface area contributed by atoms with Gasteiger partial charge in [0.15, 0.2) is 0 Å². The lowest BCUT2D eigenvalue weighted by Gasteiger charge is -2.43. The lowest BCUT2D eigenvalue weighted by molar-refractivity contribution is 0.0379. The fourth-order valence-corrected chi connectivity index (χ4v) is 2.46. The molecule has 6 nitrogen and oxygen atoms in total. The Kier molecular flexibility index (Phi) is 5.01. The van der Waals surface area contributed by atoms with E-state index in [1.54, 1.807) is 18.6 Å². The van der Waals surface area contributed by atoms with Crippen LogP contribution < -0.4 is 10.6 Å². The van der Waals surface area contributed by atoms with E-state index < -0.39 is 5.60 Å². The standard InChI is InChI=1S/C16H26N4O2/c1-12(13-10-17-8-9-18-13)19-11-16(6-5-7-16)20-14(21)22-15(2,3)4/h8-10,12,19H,5-7,11H2,1-4H3,(H,20,21). The Labute approximate surface area is 132 Å². The van der Waals surface area contributed by atoms with Gasteiger partial charge in [0.2, 0.25) is 0 Å². The highest BCUT2D eigenvalue weighted by molar-refractivity contribution is 5.69. The first-order chi connectivity index (χ1) is 10.3. The summed E-state index contributed by atoms with van der Waals surface area (Å²) in [5, 5.41) is 6.47. The van der Waals surface area contributed by atoms with Crippen molar-refractivity contribution in [3.05, 3.63) is 24.3 Å². The summed E-state index contributed by atoms with van der Waals surface area (Å²) < 4.78 is 5.36. The summed E-state index contributed by atoms with van der Waals surface area (Å²) >= 11 is 0. The van der Waals surface area contributed by atoms with Gasteiger partial charge < -0.3 is 15.4 Å². The summed E-state index contributed by atoms with van der Waals surface area (Å²) in [6, 6.07) is 0.0895. The van der Waals surface area contributed by atoms with E-state index in [-0.39, 0.29) is 17.7 Å². The molecule has 2 N–H and O–H groups in total. The summed E-state index contributed by atoms with van der Waals surface area (Å²) in [5.41, 5.74) is 0.211. The van der Waals surface area contributed by atoms with E-state index in [1.807, 2.05) is 27.7 Å². The normalized spacial score (nSPS) is 18.2. The van der Waals surface area contributed by atoms with Crippen molar-refractivity contribution in [1.82, 2.24) is 20.6 Å². The second-order valence-corrected chi connectivity index (χ2v) is 6.99. The summed E-state index contributed by atoms with van der Waals surface area (Å²) in [6.07, 6.45) is 7.81. The summed E-state index contributed by atoms with van der Waals surface area (Å²) in [7, 11) is 0. The lowest BCUT2D eigenvalue weighted by Crippen LogP contribution is -2.60. The third-order valence-electron chi connectivity index (χ3n) is 3.85. The first kappa shape index (κ1) is 16.7. The smallest absolute Gasteiger partial charge is 0.408 e.